The second kappa shape index (κ2) is 11.6. The lowest BCUT2D eigenvalue weighted by Gasteiger charge is -2.32. The first-order valence-electron chi connectivity index (χ1n) is 13.7. The number of halogens is 4. The summed E-state index contributed by atoms with van der Waals surface area (Å²) in [6.45, 7) is 0.119. The molecule has 1 fully saturated rings. The van der Waals surface area contributed by atoms with Crippen LogP contribution in [0, 0.1) is 11.7 Å². The highest BCUT2D eigenvalue weighted by Crippen LogP contribution is 2.40. The molecule has 0 spiro atoms. The Morgan fingerprint density at radius 3 is 2.30 bits per heavy atom. The Hall–Kier alpha value is -4.55. The lowest BCUT2D eigenvalue weighted by molar-refractivity contribution is -0.141. The van der Waals surface area contributed by atoms with Gasteiger partial charge in [-0.25, -0.2) is 9.07 Å². The minimum atomic E-state index is -4.83. The van der Waals surface area contributed by atoms with E-state index in [4.69, 9.17) is 17.2 Å². The molecule has 1 aliphatic carbocycles. The van der Waals surface area contributed by atoms with E-state index < -0.39 is 40.7 Å². The summed E-state index contributed by atoms with van der Waals surface area (Å²) in [6, 6.07) is 17.4. The van der Waals surface area contributed by atoms with Gasteiger partial charge < -0.3 is 22.5 Å². The zero-order valence-electron chi connectivity index (χ0n) is 23.0. The van der Waals surface area contributed by atoms with Crippen LogP contribution in [0.1, 0.15) is 68.9 Å². The molecule has 3 aromatic carbocycles. The van der Waals surface area contributed by atoms with Gasteiger partial charge in [0.25, 0.3) is 5.91 Å². The normalized spacial score (nSPS) is 14.7. The van der Waals surface area contributed by atoms with E-state index in [9.17, 15) is 22.8 Å². The number of nitrogens with one attached hydrogen (secondary N) is 1. The summed E-state index contributed by atoms with van der Waals surface area (Å²) < 4.78 is 56.8. The van der Waals surface area contributed by atoms with Gasteiger partial charge in [-0.2, -0.15) is 18.3 Å². The average Bonchev–Trinajstić information content (AvgIpc) is 3.70. The van der Waals surface area contributed by atoms with Gasteiger partial charge in [0.2, 0.25) is 5.91 Å². The van der Waals surface area contributed by atoms with E-state index in [0.717, 1.165) is 30.0 Å². The summed E-state index contributed by atoms with van der Waals surface area (Å²) in [5.74, 6) is -1.89. The van der Waals surface area contributed by atoms with Crippen LogP contribution in [0.3, 0.4) is 0 Å². The quantitative estimate of drug-likeness (QED) is 0.186. The average molecular weight is 595 g/mol. The number of benzene rings is 3. The van der Waals surface area contributed by atoms with Crippen LogP contribution in [0.25, 0.3) is 5.69 Å². The van der Waals surface area contributed by atoms with Gasteiger partial charge in [-0.1, -0.05) is 43.2 Å². The predicted octanol–water partition coefficient (Wildman–Crippen LogP) is 5.23. The predicted molar refractivity (Wildman–Crippen MR) is 153 cm³/mol. The molecule has 1 atom stereocenters. The van der Waals surface area contributed by atoms with Crippen LogP contribution < -0.4 is 22.5 Å². The largest absolute Gasteiger partial charge is 0.435 e. The summed E-state index contributed by atoms with van der Waals surface area (Å²) >= 11 is 0. The van der Waals surface area contributed by atoms with E-state index in [1.54, 1.807) is 36.4 Å². The van der Waals surface area contributed by atoms with Gasteiger partial charge in [-0.05, 0) is 71.8 Å². The minimum Gasteiger partial charge on any atom is -0.366 e. The highest BCUT2D eigenvalue weighted by molar-refractivity contribution is 6.03. The molecular formula is C31H30F4N6O2. The number of carbonyl (C=O) groups is 2. The molecule has 8 nitrogen and oxygen atoms in total. The molecule has 1 heterocycles. The number of alkyl halides is 3. The number of amides is 2. The van der Waals surface area contributed by atoms with Crippen molar-refractivity contribution in [1.82, 2.24) is 9.78 Å². The van der Waals surface area contributed by atoms with Gasteiger partial charge in [0.15, 0.2) is 5.69 Å². The molecular weight excluding hydrogens is 564 g/mol. The standard InChI is InChI=1S/C31H30F4N6O2/c32-24-11-10-22(30(38,13-12-18-4-5-18)21-8-6-20(7-9-21)28(37)42)15-25(24)39-29(43)26-16-27(31(33,34)35)40-41(26)23-3-1-2-19(14-23)17-36/h1-3,6-11,14-16,18H,4-5,12-13,17,36,38H2,(H2,37,42)(H,39,43). The summed E-state index contributed by atoms with van der Waals surface area (Å²) in [4.78, 5) is 25.0. The molecule has 7 N–H and O–H groups in total. The maximum Gasteiger partial charge on any atom is 0.435 e. The first-order valence-corrected chi connectivity index (χ1v) is 13.7. The molecule has 1 aliphatic rings. The molecule has 1 saturated carbocycles. The summed E-state index contributed by atoms with van der Waals surface area (Å²) in [5.41, 5.74) is 17.1. The molecule has 1 unspecified atom stereocenters. The number of carbonyl (C=O) groups excluding carboxylic acids is 2. The number of nitrogens with zero attached hydrogens (tertiary/aromatic N) is 2. The summed E-state index contributed by atoms with van der Waals surface area (Å²) in [7, 11) is 0. The Balaban J connectivity index is 1.52. The van der Waals surface area contributed by atoms with Crippen molar-refractivity contribution in [2.75, 3.05) is 5.32 Å². The number of aromatic nitrogens is 2. The zero-order chi connectivity index (χ0) is 30.9. The molecule has 0 saturated heterocycles. The topological polar surface area (TPSA) is 142 Å². The number of hydrogen-bond donors (Lipinski definition) is 4. The van der Waals surface area contributed by atoms with E-state index in [2.05, 4.69) is 10.4 Å². The summed E-state index contributed by atoms with van der Waals surface area (Å²) in [6.07, 6.45) is -1.37. The van der Waals surface area contributed by atoms with Crippen molar-refractivity contribution in [2.24, 2.45) is 23.1 Å². The number of rotatable bonds is 10. The van der Waals surface area contributed by atoms with Crippen molar-refractivity contribution in [2.45, 2.75) is 43.9 Å². The van der Waals surface area contributed by atoms with Gasteiger partial charge in [0, 0.05) is 18.2 Å². The molecule has 0 radical (unpaired) electrons. The summed E-state index contributed by atoms with van der Waals surface area (Å²) in [5, 5.41) is 6.03. The third kappa shape index (κ3) is 6.45. The number of nitrogens with two attached hydrogens (primary N) is 3. The van der Waals surface area contributed by atoms with Gasteiger partial charge >= 0.3 is 6.18 Å². The maximum atomic E-state index is 15.1. The number of primary amides is 1. The first-order chi connectivity index (χ1) is 20.4. The Bertz CT molecular complexity index is 1660. The molecule has 2 amide bonds. The van der Waals surface area contributed by atoms with E-state index >= 15 is 4.39 Å². The van der Waals surface area contributed by atoms with E-state index in [-0.39, 0.29) is 17.9 Å². The van der Waals surface area contributed by atoms with Crippen LogP contribution in [0.2, 0.25) is 0 Å². The lowest BCUT2D eigenvalue weighted by Crippen LogP contribution is -2.38. The molecule has 224 valence electrons. The minimum absolute atomic E-state index is 0.119. The fourth-order valence-electron chi connectivity index (χ4n) is 5.00. The fourth-order valence-corrected chi connectivity index (χ4v) is 5.00. The van der Waals surface area contributed by atoms with Gasteiger partial charge in [0.1, 0.15) is 11.5 Å². The van der Waals surface area contributed by atoms with Crippen LogP contribution in [0.4, 0.5) is 23.2 Å². The second-order valence-corrected chi connectivity index (χ2v) is 10.7. The van der Waals surface area contributed by atoms with Crippen molar-refractivity contribution in [3.05, 3.63) is 112 Å². The maximum absolute atomic E-state index is 15.1. The van der Waals surface area contributed by atoms with Crippen molar-refractivity contribution < 1.29 is 27.2 Å². The Morgan fingerprint density at radius 1 is 0.977 bits per heavy atom. The lowest BCUT2D eigenvalue weighted by atomic mass is 9.79. The first kappa shape index (κ1) is 29.9. The number of anilines is 1. The van der Waals surface area contributed by atoms with E-state index in [0.29, 0.717) is 40.7 Å². The molecule has 5 rings (SSSR count). The molecule has 0 aliphatic heterocycles. The number of hydrogen-bond acceptors (Lipinski definition) is 5. The van der Waals surface area contributed by atoms with Crippen LogP contribution in [0.15, 0.2) is 72.8 Å². The van der Waals surface area contributed by atoms with E-state index in [1.165, 1.54) is 24.3 Å². The van der Waals surface area contributed by atoms with Crippen molar-refractivity contribution >= 4 is 17.5 Å². The van der Waals surface area contributed by atoms with Crippen molar-refractivity contribution in [3.8, 4) is 5.69 Å². The Morgan fingerprint density at radius 2 is 1.67 bits per heavy atom. The molecule has 0 bridgehead atoms. The van der Waals surface area contributed by atoms with Crippen LogP contribution >= 0.6 is 0 Å². The molecule has 43 heavy (non-hydrogen) atoms. The van der Waals surface area contributed by atoms with Crippen molar-refractivity contribution in [3.63, 3.8) is 0 Å². The monoisotopic (exact) mass is 594 g/mol. The SMILES string of the molecule is NCc1cccc(-n2nc(C(F)(F)F)cc2C(=O)Nc2cc(C(N)(CCC3CC3)c3ccc(C(N)=O)cc3)ccc2F)c1. The van der Waals surface area contributed by atoms with Gasteiger partial charge in [-0.3, -0.25) is 9.59 Å². The third-order valence-electron chi connectivity index (χ3n) is 7.68. The zero-order valence-corrected chi connectivity index (χ0v) is 23.0. The van der Waals surface area contributed by atoms with Gasteiger partial charge in [0.05, 0.1) is 16.9 Å². The Labute approximate surface area is 244 Å². The molecule has 4 aromatic rings. The molecule has 12 heteroatoms. The fraction of sp³-hybridized carbons (Fsp3) is 0.258. The van der Waals surface area contributed by atoms with Crippen LogP contribution in [0.5, 0.6) is 0 Å². The van der Waals surface area contributed by atoms with Crippen LogP contribution in [-0.2, 0) is 18.3 Å². The Kier molecular flexibility index (Phi) is 8.08. The molecule has 1 aromatic heterocycles. The van der Waals surface area contributed by atoms with Crippen molar-refractivity contribution in [1.29, 1.82) is 0 Å². The van der Waals surface area contributed by atoms with Crippen LogP contribution in [-0.4, -0.2) is 21.6 Å². The highest BCUT2D eigenvalue weighted by atomic mass is 19.4. The van der Waals surface area contributed by atoms with E-state index in [1.807, 2.05) is 0 Å². The van der Waals surface area contributed by atoms with Gasteiger partial charge in [-0.15, -0.1) is 0 Å². The smallest absolute Gasteiger partial charge is 0.366 e. The highest BCUT2D eigenvalue weighted by Gasteiger charge is 2.37. The third-order valence-corrected chi connectivity index (χ3v) is 7.68. The second-order valence-electron chi connectivity index (χ2n) is 10.7.